The van der Waals surface area contributed by atoms with Crippen molar-refractivity contribution in [3.8, 4) is 29.9 Å². The number of ketones is 1. The van der Waals surface area contributed by atoms with Gasteiger partial charge in [0.2, 0.25) is 5.78 Å². The van der Waals surface area contributed by atoms with E-state index in [0.717, 1.165) is 36.0 Å². The van der Waals surface area contributed by atoms with E-state index in [1.807, 2.05) is 16.7 Å². The first-order valence-electron chi connectivity index (χ1n) is 14.8. The maximum absolute atomic E-state index is 15.2. The third-order valence-corrected chi connectivity index (χ3v) is 8.33. The van der Waals surface area contributed by atoms with Gasteiger partial charge in [-0.05, 0) is 66.7 Å². The molecule has 4 nitrogen and oxygen atoms in total. The molecule has 3 aliphatic rings. The van der Waals surface area contributed by atoms with E-state index < -0.39 is 17.1 Å². The number of hydrogen-bond acceptors (Lipinski definition) is 3. The van der Waals surface area contributed by atoms with Crippen molar-refractivity contribution in [2.75, 3.05) is 0 Å². The summed E-state index contributed by atoms with van der Waals surface area (Å²) in [6.45, 7) is 12.3. The Morgan fingerprint density at radius 1 is 1.31 bits per heavy atom. The van der Waals surface area contributed by atoms with Crippen LogP contribution in [-0.4, -0.2) is 16.2 Å². The van der Waals surface area contributed by atoms with E-state index >= 15 is 4.39 Å². The highest BCUT2D eigenvalue weighted by Gasteiger charge is 2.37. The summed E-state index contributed by atoms with van der Waals surface area (Å²) < 4.78 is 23.1. The first-order valence-corrected chi connectivity index (χ1v) is 14.8. The summed E-state index contributed by atoms with van der Waals surface area (Å²) in [5.41, 5.74) is 4.17. The van der Waals surface area contributed by atoms with E-state index in [2.05, 4.69) is 64.5 Å². The van der Waals surface area contributed by atoms with Crippen LogP contribution in [-0.2, 0) is 0 Å². The highest BCUT2D eigenvalue weighted by atomic mass is 19.2. The van der Waals surface area contributed by atoms with Crippen molar-refractivity contribution in [1.29, 1.82) is 0 Å². The predicted octanol–water partition coefficient (Wildman–Crippen LogP) is 7.85. The molecule has 1 fully saturated rings. The summed E-state index contributed by atoms with van der Waals surface area (Å²) in [5.74, 6) is 7.11. The van der Waals surface area contributed by atoms with Crippen LogP contribution in [0.15, 0.2) is 53.0 Å². The molecule has 216 valence electrons. The SMILES string of the molecule is C#CC(=O)c1cn([C@@H](CC)C(C)(C)C)c(C2=C(c3cccc4c3[C]=CC(F)(CC)O4)C(C3CC3)=CC(C)C#C2)cc1=O.[H]. The lowest BCUT2D eigenvalue weighted by atomic mass is 9.82. The summed E-state index contributed by atoms with van der Waals surface area (Å²) in [6, 6.07) is 7.05. The number of nitrogens with zero attached hydrogens (tertiary/aromatic N) is 1. The Morgan fingerprint density at radius 2 is 2.05 bits per heavy atom. The third-order valence-electron chi connectivity index (χ3n) is 8.33. The van der Waals surface area contributed by atoms with E-state index in [4.69, 9.17) is 11.2 Å². The van der Waals surface area contributed by atoms with Crippen LogP contribution in [0.1, 0.15) is 102 Å². The molecule has 2 heterocycles. The van der Waals surface area contributed by atoms with Gasteiger partial charge in [-0.15, -0.1) is 6.42 Å². The molecule has 5 heteroatoms. The van der Waals surface area contributed by atoms with Gasteiger partial charge in [0.25, 0.3) is 5.85 Å². The van der Waals surface area contributed by atoms with Gasteiger partial charge in [0.1, 0.15) is 5.75 Å². The van der Waals surface area contributed by atoms with Crippen molar-refractivity contribution < 1.29 is 15.3 Å². The third kappa shape index (κ3) is 5.41. The van der Waals surface area contributed by atoms with Gasteiger partial charge in [-0.25, -0.2) is 0 Å². The molecule has 0 saturated heterocycles. The topological polar surface area (TPSA) is 48.3 Å². The monoisotopic (exact) mass is 563 g/mol. The zero-order valence-electron chi connectivity index (χ0n) is 26.2. The highest BCUT2D eigenvalue weighted by Crippen LogP contribution is 2.49. The number of Topliss-reactive ketones (excluding diaryl/α,β-unsaturated/α-hetero) is 1. The van der Waals surface area contributed by atoms with Gasteiger partial charge in [-0.1, -0.05) is 64.7 Å². The van der Waals surface area contributed by atoms with Crippen LogP contribution in [0.4, 0.5) is 4.39 Å². The number of rotatable bonds is 7. The minimum atomic E-state index is -1.92. The Morgan fingerprint density at radius 3 is 2.67 bits per heavy atom. The number of pyridine rings is 1. The van der Waals surface area contributed by atoms with Gasteiger partial charge in [0.15, 0.2) is 5.43 Å². The number of benzene rings is 1. The van der Waals surface area contributed by atoms with Crippen LogP contribution in [0.25, 0.3) is 11.1 Å². The summed E-state index contributed by atoms with van der Waals surface area (Å²) in [4.78, 5) is 26.1. The van der Waals surface area contributed by atoms with Gasteiger partial charge >= 0.3 is 0 Å². The lowest BCUT2D eigenvalue weighted by Gasteiger charge is -2.35. The molecule has 0 bridgehead atoms. The van der Waals surface area contributed by atoms with Gasteiger partial charge in [0, 0.05) is 49.3 Å². The van der Waals surface area contributed by atoms with E-state index in [0.29, 0.717) is 28.5 Å². The second-order valence-corrected chi connectivity index (χ2v) is 12.5. The van der Waals surface area contributed by atoms with Crippen LogP contribution in [0.2, 0.25) is 0 Å². The van der Waals surface area contributed by atoms with Crippen LogP contribution >= 0.6 is 0 Å². The second-order valence-electron chi connectivity index (χ2n) is 12.5. The van der Waals surface area contributed by atoms with Gasteiger partial charge < -0.3 is 9.30 Å². The number of hydrogen-bond donors (Lipinski definition) is 0. The van der Waals surface area contributed by atoms with E-state index in [9.17, 15) is 9.59 Å². The number of fused-ring (bicyclic) bond motifs is 1. The lowest BCUT2D eigenvalue weighted by molar-refractivity contribution is -0.0221. The Labute approximate surface area is 249 Å². The number of aromatic nitrogens is 1. The standard InChI is InChI=1S/C37H37FNO3.H/c1-8-31(40)29-22-39(34(9-2)36(5,6)7)30(21-32(29)41)27-17-14-23(4)20-28(24-15-16-24)35(27)26-12-11-13-33-25(26)18-19-37(38,10-3)42-33;/h1,11-13,19-24,34H,9-10,15-16H2,2-7H3;/t23?,34-,37?;/m0./s1. The van der Waals surface area contributed by atoms with E-state index in [-0.39, 0.29) is 30.8 Å². The second kappa shape index (κ2) is 11.0. The Kier molecular flexibility index (Phi) is 7.67. The summed E-state index contributed by atoms with van der Waals surface area (Å²) in [6.07, 6.45) is 16.8. The van der Waals surface area contributed by atoms with Crippen molar-refractivity contribution in [1.82, 2.24) is 4.57 Å². The molecule has 2 aromatic rings. The normalized spacial score (nSPS) is 22.1. The van der Waals surface area contributed by atoms with Crippen LogP contribution < -0.4 is 10.2 Å². The van der Waals surface area contributed by atoms with Crippen molar-refractivity contribution in [2.45, 2.75) is 79.1 Å². The minimum Gasteiger partial charge on any atom is -0.454 e. The zero-order chi connectivity index (χ0) is 30.4. The number of alkyl halides is 1. The van der Waals surface area contributed by atoms with Gasteiger partial charge in [-0.3, -0.25) is 9.59 Å². The summed E-state index contributed by atoms with van der Waals surface area (Å²) in [7, 11) is 0. The molecule has 2 aliphatic carbocycles. The molecule has 1 saturated carbocycles. The van der Waals surface area contributed by atoms with E-state index in [1.165, 1.54) is 12.1 Å². The quantitative estimate of drug-likeness (QED) is 0.196. The van der Waals surface area contributed by atoms with Crippen LogP contribution in [0.5, 0.6) is 5.75 Å². The molecule has 2 radical (unpaired) electrons. The van der Waals surface area contributed by atoms with Crippen molar-refractivity contribution in [3.63, 3.8) is 0 Å². The molecule has 42 heavy (non-hydrogen) atoms. The number of ether oxygens (including phenoxy) is 1. The zero-order valence-corrected chi connectivity index (χ0v) is 25.2. The molecule has 0 amide bonds. The first kappa shape index (κ1) is 29.4. The number of terminal acetylenes is 1. The molecule has 5 rings (SSSR count). The van der Waals surface area contributed by atoms with Crippen molar-refractivity contribution in [3.05, 3.63) is 86.9 Å². The molecule has 1 aromatic heterocycles. The summed E-state index contributed by atoms with van der Waals surface area (Å²) in [5, 5.41) is 0. The average molecular weight is 564 g/mol. The Bertz CT molecular complexity index is 1710. The number of halogens is 1. The fourth-order valence-electron chi connectivity index (χ4n) is 6.03. The number of allylic oxidation sites excluding steroid dienone is 4. The van der Waals surface area contributed by atoms with Crippen molar-refractivity contribution in [2.24, 2.45) is 17.3 Å². The molecular weight excluding hydrogens is 525 g/mol. The molecule has 1 aliphatic heterocycles. The van der Waals surface area contributed by atoms with Crippen LogP contribution in [0.3, 0.4) is 0 Å². The van der Waals surface area contributed by atoms with Gasteiger partial charge in [-0.2, -0.15) is 4.39 Å². The Hall–Kier alpha value is -4.09. The van der Waals surface area contributed by atoms with Crippen molar-refractivity contribution >= 4 is 16.9 Å². The molecule has 1 aromatic carbocycles. The predicted molar refractivity (Wildman–Crippen MR) is 166 cm³/mol. The molecule has 2 unspecified atom stereocenters. The lowest BCUT2D eigenvalue weighted by Crippen LogP contribution is -2.30. The number of carbonyl (C=O) groups is 1. The highest BCUT2D eigenvalue weighted by molar-refractivity contribution is 6.09. The average Bonchev–Trinajstić information content (AvgIpc) is 3.80. The Balaban J connectivity index is 0.00000423. The molecule has 3 atom stereocenters. The first-order chi connectivity index (χ1) is 19.9. The maximum Gasteiger partial charge on any atom is 0.267 e. The molecule has 0 N–H and O–H groups in total. The van der Waals surface area contributed by atoms with Crippen LogP contribution in [0, 0.1) is 47.5 Å². The number of carbonyl (C=O) groups excluding carboxylic acids is 1. The summed E-state index contributed by atoms with van der Waals surface area (Å²) >= 11 is 0. The minimum absolute atomic E-state index is 0. The largest absolute Gasteiger partial charge is 0.454 e. The molecular formula is C37H38FNO3. The fraction of sp³-hybridized carbons (Fsp3) is 0.405. The fourth-order valence-corrected chi connectivity index (χ4v) is 6.03. The maximum atomic E-state index is 15.2. The molecule has 0 spiro atoms. The van der Waals surface area contributed by atoms with Gasteiger partial charge in [0.05, 0.1) is 16.8 Å². The smallest absolute Gasteiger partial charge is 0.267 e. The van der Waals surface area contributed by atoms with E-state index in [1.54, 1.807) is 19.2 Å².